The van der Waals surface area contributed by atoms with Gasteiger partial charge in [0.25, 0.3) is 0 Å². The summed E-state index contributed by atoms with van der Waals surface area (Å²) in [5.41, 5.74) is 2.88. The number of hydrogen-bond donors (Lipinski definition) is 1. The van der Waals surface area contributed by atoms with Gasteiger partial charge in [-0.1, -0.05) is 54.6 Å². The minimum Gasteiger partial charge on any atom is -0.375 e. The highest BCUT2D eigenvalue weighted by Gasteiger charge is 2.27. The normalized spacial score (nSPS) is 13.9. The third-order valence-electron chi connectivity index (χ3n) is 4.00. The van der Waals surface area contributed by atoms with E-state index < -0.39 is 0 Å². The van der Waals surface area contributed by atoms with Crippen molar-refractivity contribution in [1.82, 2.24) is 10.2 Å². The van der Waals surface area contributed by atoms with E-state index in [2.05, 4.69) is 41.9 Å². The second-order valence-electron chi connectivity index (χ2n) is 5.72. The number of benzene rings is 2. The SMILES string of the molecule is C=C[C@@](C)(COCc1ccccc1)c1[nH]nc2ccccc12. The standard InChI is InChI=1S/C19H20N2O/c1-3-19(2,14-22-13-15-9-5-4-6-10-15)18-16-11-7-8-12-17(16)20-21-18/h3-12H,1,13-14H2,2H3,(H,20,21)/t19-/m0/s1. The predicted octanol–water partition coefficient (Wildman–Crippen LogP) is 4.22. The fourth-order valence-corrected chi connectivity index (χ4v) is 2.58. The van der Waals surface area contributed by atoms with Crippen LogP contribution in [0.2, 0.25) is 0 Å². The molecule has 0 aliphatic carbocycles. The van der Waals surface area contributed by atoms with E-state index in [1.54, 1.807) is 0 Å². The molecule has 0 unspecified atom stereocenters. The Morgan fingerprint density at radius 3 is 2.64 bits per heavy atom. The Kier molecular flexibility index (Phi) is 4.07. The van der Waals surface area contributed by atoms with Gasteiger partial charge < -0.3 is 4.74 Å². The van der Waals surface area contributed by atoms with E-state index in [1.807, 2.05) is 42.5 Å². The molecule has 0 saturated carbocycles. The lowest BCUT2D eigenvalue weighted by molar-refractivity contribution is 0.0904. The highest BCUT2D eigenvalue weighted by Crippen LogP contribution is 2.30. The van der Waals surface area contributed by atoms with Crippen LogP contribution in [0.25, 0.3) is 10.9 Å². The molecule has 1 aromatic heterocycles. The van der Waals surface area contributed by atoms with Crippen molar-refractivity contribution in [2.24, 2.45) is 0 Å². The number of fused-ring (bicyclic) bond motifs is 1. The zero-order valence-electron chi connectivity index (χ0n) is 12.8. The second kappa shape index (κ2) is 6.16. The first-order valence-electron chi connectivity index (χ1n) is 7.42. The van der Waals surface area contributed by atoms with Gasteiger partial charge in [-0.05, 0) is 18.6 Å². The quantitative estimate of drug-likeness (QED) is 0.691. The van der Waals surface area contributed by atoms with Crippen molar-refractivity contribution in [3.63, 3.8) is 0 Å². The first kappa shape index (κ1) is 14.5. The molecule has 0 spiro atoms. The number of aromatic amines is 1. The summed E-state index contributed by atoms with van der Waals surface area (Å²) in [6.07, 6.45) is 1.93. The molecule has 1 heterocycles. The maximum absolute atomic E-state index is 5.93. The topological polar surface area (TPSA) is 37.9 Å². The minimum absolute atomic E-state index is 0.301. The Bertz CT molecular complexity index is 763. The molecule has 0 bridgehead atoms. The largest absolute Gasteiger partial charge is 0.375 e. The Hall–Kier alpha value is -2.39. The molecule has 3 aromatic rings. The van der Waals surface area contributed by atoms with E-state index in [9.17, 15) is 0 Å². The van der Waals surface area contributed by atoms with Crippen LogP contribution in [-0.4, -0.2) is 16.8 Å². The molecule has 1 atom stereocenters. The molecule has 3 nitrogen and oxygen atoms in total. The number of para-hydroxylation sites is 1. The summed E-state index contributed by atoms with van der Waals surface area (Å²) in [6, 6.07) is 18.3. The number of rotatable bonds is 6. The molecule has 0 saturated heterocycles. The fourth-order valence-electron chi connectivity index (χ4n) is 2.58. The van der Waals surface area contributed by atoms with Crippen molar-refractivity contribution in [2.75, 3.05) is 6.61 Å². The van der Waals surface area contributed by atoms with Gasteiger partial charge in [0.2, 0.25) is 0 Å². The summed E-state index contributed by atoms with van der Waals surface area (Å²) in [6.45, 7) is 7.26. The van der Waals surface area contributed by atoms with Crippen LogP contribution in [0.4, 0.5) is 0 Å². The summed E-state index contributed by atoms with van der Waals surface area (Å²) in [5, 5.41) is 8.64. The van der Waals surface area contributed by atoms with Crippen molar-refractivity contribution in [1.29, 1.82) is 0 Å². The Balaban J connectivity index is 1.78. The zero-order chi connectivity index (χ0) is 15.4. The molecule has 0 amide bonds. The molecule has 1 N–H and O–H groups in total. The van der Waals surface area contributed by atoms with E-state index in [-0.39, 0.29) is 5.41 Å². The van der Waals surface area contributed by atoms with Crippen LogP contribution in [0.1, 0.15) is 18.2 Å². The predicted molar refractivity (Wildman–Crippen MR) is 89.7 cm³/mol. The van der Waals surface area contributed by atoms with Crippen molar-refractivity contribution >= 4 is 10.9 Å². The van der Waals surface area contributed by atoms with E-state index in [0.29, 0.717) is 13.2 Å². The number of H-pyrrole nitrogens is 1. The van der Waals surface area contributed by atoms with Crippen molar-refractivity contribution in [3.05, 3.63) is 78.5 Å². The summed E-state index contributed by atoms with van der Waals surface area (Å²) in [5.74, 6) is 0. The fraction of sp³-hybridized carbons (Fsp3) is 0.211. The highest BCUT2D eigenvalue weighted by atomic mass is 16.5. The molecular weight excluding hydrogens is 272 g/mol. The van der Waals surface area contributed by atoms with Crippen LogP contribution >= 0.6 is 0 Å². The molecular formula is C19H20N2O. The smallest absolute Gasteiger partial charge is 0.0924 e. The van der Waals surface area contributed by atoms with Gasteiger partial charge in [-0.3, -0.25) is 5.10 Å². The van der Waals surface area contributed by atoms with Crippen molar-refractivity contribution < 1.29 is 4.74 Å². The van der Waals surface area contributed by atoms with Gasteiger partial charge in [0.05, 0.1) is 29.8 Å². The monoisotopic (exact) mass is 292 g/mol. The lowest BCUT2D eigenvalue weighted by Crippen LogP contribution is -2.26. The van der Waals surface area contributed by atoms with Gasteiger partial charge in [-0.25, -0.2) is 0 Å². The van der Waals surface area contributed by atoms with E-state index in [4.69, 9.17) is 4.74 Å². The van der Waals surface area contributed by atoms with Crippen LogP contribution in [0, 0.1) is 0 Å². The van der Waals surface area contributed by atoms with Crippen LogP contribution in [0.3, 0.4) is 0 Å². The molecule has 3 rings (SSSR count). The van der Waals surface area contributed by atoms with E-state index >= 15 is 0 Å². The Morgan fingerprint density at radius 2 is 1.86 bits per heavy atom. The average Bonchev–Trinajstić information content (AvgIpc) is 3.00. The Labute approximate surface area is 130 Å². The number of ether oxygens (including phenoxy) is 1. The average molecular weight is 292 g/mol. The third-order valence-corrected chi connectivity index (χ3v) is 4.00. The summed E-state index contributed by atoms with van der Waals surface area (Å²) in [4.78, 5) is 0. The highest BCUT2D eigenvalue weighted by molar-refractivity contribution is 5.82. The molecule has 0 radical (unpaired) electrons. The molecule has 0 fully saturated rings. The zero-order valence-corrected chi connectivity index (χ0v) is 12.8. The van der Waals surface area contributed by atoms with Gasteiger partial charge in [0.1, 0.15) is 0 Å². The van der Waals surface area contributed by atoms with Gasteiger partial charge in [0, 0.05) is 5.39 Å². The first-order valence-corrected chi connectivity index (χ1v) is 7.42. The molecule has 0 aliphatic rings. The van der Waals surface area contributed by atoms with Crippen LogP contribution in [0.5, 0.6) is 0 Å². The maximum Gasteiger partial charge on any atom is 0.0924 e. The maximum atomic E-state index is 5.93. The number of nitrogens with zero attached hydrogens (tertiary/aromatic N) is 1. The lowest BCUT2D eigenvalue weighted by Gasteiger charge is -2.24. The minimum atomic E-state index is -0.301. The van der Waals surface area contributed by atoms with Crippen molar-refractivity contribution in [3.8, 4) is 0 Å². The lowest BCUT2D eigenvalue weighted by atomic mass is 9.86. The number of nitrogens with one attached hydrogen (secondary N) is 1. The van der Waals surface area contributed by atoms with Crippen molar-refractivity contribution in [2.45, 2.75) is 18.9 Å². The van der Waals surface area contributed by atoms with Crippen LogP contribution in [-0.2, 0) is 16.8 Å². The third kappa shape index (κ3) is 2.81. The van der Waals surface area contributed by atoms with E-state index in [1.165, 1.54) is 5.56 Å². The summed E-state index contributed by atoms with van der Waals surface area (Å²) >= 11 is 0. The van der Waals surface area contributed by atoms with Gasteiger partial charge in [-0.15, -0.1) is 6.58 Å². The molecule has 0 aliphatic heterocycles. The summed E-state index contributed by atoms with van der Waals surface area (Å²) < 4.78 is 5.93. The first-order chi connectivity index (χ1) is 10.7. The number of hydrogen-bond acceptors (Lipinski definition) is 2. The van der Waals surface area contributed by atoms with Crippen LogP contribution in [0.15, 0.2) is 67.3 Å². The molecule has 2 aromatic carbocycles. The molecule has 3 heteroatoms. The van der Waals surface area contributed by atoms with Gasteiger partial charge >= 0.3 is 0 Å². The Morgan fingerprint density at radius 1 is 1.14 bits per heavy atom. The number of aromatic nitrogens is 2. The molecule has 22 heavy (non-hydrogen) atoms. The molecule has 112 valence electrons. The van der Waals surface area contributed by atoms with E-state index in [0.717, 1.165) is 16.6 Å². The van der Waals surface area contributed by atoms with Crippen LogP contribution < -0.4 is 0 Å². The van der Waals surface area contributed by atoms with Gasteiger partial charge in [-0.2, -0.15) is 5.10 Å². The second-order valence-corrected chi connectivity index (χ2v) is 5.72. The summed E-state index contributed by atoms with van der Waals surface area (Å²) in [7, 11) is 0. The van der Waals surface area contributed by atoms with Gasteiger partial charge in [0.15, 0.2) is 0 Å².